The van der Waals surface area contributed by atoms with Gasteiger partial charge in [-0.15, -0.1) is 0 Å². The zero-order valence-corrected chi connectivity index (χ0v) is 14.1. The monoisotopic (exact) mass is 429 g/mol. The summed E-state index contributed by atoms with van der Waals surface area (Å²) in [6.45, 7) is -1.90. The summed E-state index contributed by atoms with van der Waals surface area (Å²) in [4.78, 5) is 8.39. The zero-order chi connectivity index (χ0) is 18.8. The fraction of sp³-hybridized carbons (Fsp3) is 0.286. The molecular weight excluding hydrogens is 420 g/mol. The van der Waals surface area contributed by atoms with Crippen molar-refractivity contribution in [1.29, 1.82) is 0 Å². The Morgan fingerprint density at radius 1 is 1.16 bits per heavy atom. The number of ether oxygens (including phenoxy) is 1. The van der Waals surface area contributed by atoms with Crippen molar-refractivity contribution in [2.75, 3.05) is 18.6 Å². The van der Waals surface area contributed by atoms with Crippen LogP contribution >= 0.6 is 15.9 Å². The van der Waals surface area contributed by atoms with E-state index in [2.05, 4.69) is 30.6 Å². The van der Waals surface area contributed by atoms with Crippen molar-refractivity contribution in [1.82, 2.24) is 9.97 Å². The number of hydrogen-bond acceptors (Lipinski definition) is 4. The molecule has 0 N–H and O–H groups in total. The van der Waals surface area contributed by atoms with Crippen molar-refractivity contribution in [2.24, 2.45) is 0 Å². The summed E-state index contributed by atoms with van der Waals surface area (Å²) < 4.78 is 80.5. The molecule has 0 aliphatic heterocycles. The second-order valence-electron chi connectivity index (χ2n) is 4.83. The standard InChI is InChI=1S/C14H10BrF6N3O/c1-24(9-4-2-3-8(15)5-9)12-22-6-10(14(19,20)21)11(23-12)25-7-13(16,17)18/h2-6H,7H2,1H3. The molecule has 0 fully saturated rings. The van der Waals surface area contributed by atoms with Gasteiger partial charge >= 0.3 is 12.4 Å². The van der Waals surface area contributed by atoms with Gasteiger partial charge < -0.3 is 9.64 Å². The molecule has 0 aliphatic rings. The fourth-order valence-electron chi connectivity index (χ4n) is 1.77. The van der Waals surface area contributed by atoms with Crippen molar-refractivity contribution >= 4 is 27.6 Å². The van der Waals surface area contributed by atoms with Crippen molar-refractivity contribution < 1.29 is 31.1 Å². The van der Waals surface area contributed by atoms with Gasteiger partial charge in [-0.25, -0.2) is 4.98 Å². The molecule has 2 aromatic rings. The Morgan fingerprint density at radius 3 is 2.40 bits per heavy atom. The molecule has 4 nitrogen and oxygen atoms in total. The Bertz CT molecular complexity index is 750. The SMILES string of the molecule is CN(c1cccc(Br)c1)c1ncc(C(F)(F)F)c(OCC(F)(F)F)n1. The molecular formula is C14H10BrF6N3O. The summed E-state index contributed by atoms with van der Waals surface area (Å²) in [6.07, 6.45) is -9.36. The predicted octanol–water partition coefficient (Wildman–Crippen LogP) is 4.97. The quantitative estimate of drug-likeness (QED) is 0.643. The molecule has 1 heterocycles. The first-order valence-corrected chi connectivity index (χ1v) is 7.40. The molecule has 136 valence electrons. The number of aromatic nitrogens is 2. The summed E-state index contributed by atoms with van der Waals surface area (Å²) >= 11 is 3.24. The van der Waals surface area contributed by atoms with Gasteiger partial charge in [0.2, 0.25) is 11.8 Å². The molecule has 0 unspecified atom stereocenters. The number of benzene rings is 1. The molecule has 0 aliphatic carbocycles. The number of rotatable bonds is 4. The molecule has 0 atom stereocenters. The third kappa shape index (κ3) is 5.21. The van der Waals surface area contributed by atoms with E-state index in [0.29, 0.717) is 16.4 Å². The number of hydrogen-bond donors (Lipinski definition) is 0. The number of alkyl halides is 6. The largest absolute Gasteiger partial charge is 0.467 e. The van der Waals surface area contributed by atoms with Crippen LogP contribution in [0.15, 0.2) is 34.9 Å². The lowest BCUT2D eigenvalue weighted by molar-refractivity contribution is -0.159. The van der Waals surface area contributed by atoms with Crippen LogP contribution in [-0.4, -0.2) is 29.8 Å². The molecule has 0 spiro atoms. The molecule has 0 radical (unpaired) electrons. The number of anilines is 2. The van der Waals surface area contributed by atoms with E-state index in [1.807, 2.05) is 0 Å². The maximum Gasteiger partial charge on any atom is 0.423 e. The first-order chi connectivity index (χ1) is 11.5. The van der Waals surface area contributed by atoms with Crippen LogP contribution in [0.3, 0.4) is 0 Å². The normalized spacial score (nSPS) is 12.2. The topological polar surface area (TPSA) is 38.2 Å². The minimum Gasteiger partial charge on any atom is -0.467 e. The number of nitrogens with zero attached hydrogens (tertiary/aromatic N) is 3. The van der Waals surface area contributed by atoms with E-state index < -0.39 is 30.4 Å². The highest BCUT2D eigenvalue weighted by atomic mass is 79.9. The van der Waals surface area contributed by atoms with Crippen molar-refractivity contribution in [3.05, 3.63) is 40.5 Å². The summed E-state index contributed by atoms with van der Waals surface area (Å²) in [5, 5.41) is 0. The van der Waals surface area contributed by atoms with Gasteiger partial charge in [-0.3, -0.25) is 0 Å². The van der Waals surface area contributed by atoms with Crippen LogP contribution in [0.4, 0.5) is 38.0 Å². The maximum atomic E-state index is 12.9. The van der Waals surface area contributed by atoms with Crippen LogP contribution in [0.25, 0.3) is 0 Å². The highest BCUT2D eigenvalue weighted by Gasteiger charge is 2.38. The summed E-state index contributed by atoms with van der Waals surface area (Å²) in [5.74, 6) is -1.43. The Hall–Kier alpha value is -2.04. The van der Waals surface area contributed by atoms with E-state index in [-0.39, 0.29) is 5.95 Å². The van der Waals surface area contributed by atoms with Crippen molar-refractivity contribution in [2.45, 2.75) is 12.4 Å². The van der Waals surface area contributed by atoms with Crippen LogP contribution in [0.5, 0.6) is 5.88 Å². The third-order valence-electron chi connectivity index (χ3n) is 2.91. The van der Waals surface area contributed by atoms with Crippen LogP contribution in [0.2, 0.25) is 0 Å². The first kappa shape index (κ1) is 19.3. The van der Waals surface area contributed by atoms with Crippen LogP contribution in [0, 0.1) is 0 Å². The summed E-state index contributed by atoms with van der Waals surface area (Å²) in [7, 11) is 1.46. The Labute approximate surface area is 146 Å². The van der Waals surface area contributed by atoms with Crippen LogP contribution < -0.4 is 9.64 Å². The van der Waals surface area contributed by atoms with Crippen LogP contribution in [0.1, 0.15) is 5.56 Å². The lowest BCUT2D eigenvalue weighted by Gasteiger charge is -2.20. The summed E-state index contributed by atoms with van der Waals surface area (Å²) in [5.41, 5.74) is -0.973. The minimum absolute atomic E-state index is 0.247. The molecule has 25 heavy (non-hydrogen) atoms. The lowest BCUT2D eigenvalue weighted by Crippen LogP contribution is -2.23. The van der Waals surface area contributed by atoms with E-state index in [4.69, 9.17) is 0 Å². The predicted molar refractivity (Wildman–Crippen MR) is 80.8 cm³/mol. The van der Waals surface area contributed by atoms with Crippen molar-refractivity contribution in [3.8, 4) is 5.88 Å². The second-order valence-corrected chi connectivity index (χ2v) is 5.75. The third-order valence-corrected chi connectivity index (χ3v) is 3.41. The van der Waals surface area contributed by atoms with E-state index in [1.54, 1.807) is 24.3 Å². The van der Waals surface area contributed by atoms with Gasteiger partial charge in [0, 0.05) is 23.4 Å². The van der Waals surface area contributed by atoms with Gasteiger partial charge in [0.1, 0.15) is 5.56 Å². The average molecular weight is 430 g/mol. The fourth-order valence-corrected chi connectivity index (χ4v) is 2.16. The Kier molecular flexibility index (Phi) is 5.45. The average Bonchev–Trinajstić information content (AvgIpc) is 2.50. The van der Waals surface area contributed by atoms with Gasteiger partial charge in [-0.05, 0) is 18.2 Å². The van der Waals surface area contributed by atoms with Crippen molar-refractivity contribution in [3.63, 3.8) is 0 Å². The maximum absolute atomic E-state index is 12.9. The lowest BCUT2D eigenvalue weighted by atomic mass is 10.3. The van der Waals surface area contributed by atoms with Gasteiger partial charge in [0.15, 0.2) is 6.61 Å². The molecule has 0 saturated carbocycles. The summed E-state index contributed by atoms with van der Waals surface area (Å²) in [6, 6.07) is 6.66. The smallest absolute Gasteiger partial charge is 0.423 e. The molecule has 0 bridgehead atoms. The first-order valence-electron chi connectivity index (χ1n) is 6.60. The molecule has 1 aromatic carbocycles. The Morgan fingerprint density at radius 2 is 1.84 bits per heavy atom. The van der Waals surface area contributed by atoms with Gasteiger partial charge in [0.25, 0.3) is 0 Å². The van der Waals surface area contributed by atoms with Gasteiger partial charge in [-0.1, -0.05) is 22.0 Å². The van der Waals surface area contributed by atoms with E-state index in [9.17, 15) is 26.3 Å². The second kappa shape index (κ2) is 7.06. The van der Waals surface area contributed by atoms with Crippen LogP contribution in [-0.2, 0) is 6.18 Å². The van der Waals surface area contributed by atoms with Gasteiger partial charge in [-0.2, -0.15) is 31.3 Å². The highest BCUT2D eigenvalue weighted by molar-refractivity contribution is 9.10. The number of halogens is 7. The molecule has 1 aromatic heterocycles. The molecule has 11 heteroatoms. The van der Waals surface area contributed by atoms with Gasteiger partial charge in [0.05, 0.1) is 0 Å². The Balaban J connectivity index is 2.40. The molecule has 0 saturated heterocycles. The van der Waals surface area contributed by atoms with E-state index in [1.165, 1.54) is 11.9 Å². The minimum atomic E-state index is -4.95. The highest BCUT2D eigenvalue weighted by Crippen LogP contribution is 2.36. The molecule has 2 rings (SSSR count). The van der Waals surface area contributed by atoms with E-state index in [0.717, 1.165) is 0 Å². The molecule has 0 amide bonds. The zero-order valence-electron chi connectivity index (χ0n) is 12.5. The van der Waals surface area contributed by atoms with E-state index >= 15 is 0 Å².